The third-order valence-electron chi connectivity index (χ3n) is 7.73. The van der Waals surface area contributed by atoms with Gasteiger partial charge in [-0.3, -0.25) is 0 Å². The molecule has 0 radical (unpaired) electrons. The fraction of sp³-hybridized carbons (Fsp3) is 0.118. The summed E-state index contributed by atoms with van der Waals surface area (Å²) >= 11 is 3.68. The summed E-state index contributed by atoms with van der Waals surface area (Å²) in [5.41, 5.74) is 6.07. The van der Waals surface area contributed by atoms with Crippen LogP contribution in [0.15, 0.2) is 109 Å². The van der Waals surface area contributed by atoms with Gasteiger partial charge in [-0.1, -0.05) is 119 Å². The number of hydrogen-bond donors (Lipinski definition) is 0. The van der Waals surface area contributed by atoms with Crippen LogP contribution in [0.5, 0.6) is 0 Å². The number of hydrogen-bond acceptors (Lipinski definition) is 0. The van der Waals surface area contributed by atoms with Crippen molar-refractivity contribution in [1.82, 2.24) is 0 Å². The molecule has 0 aromatic heterocycles. The lowest BCUT2D eigenvalue weighted by Gasteiger charge is -2.22. The fourth-order valence-electron chi connectivity index (χ4n) is 6.08. The van der Waals surface area contributed by atoms with E-state index in [4.69, 9.17) is 0 Å². The average Bonchev–Trinajstić information content (AvgIpc) is 2.92. The van der Waals surface area contributed by atoms with Crippen molar-refractivity contribution in [3.8, 4) is 0 Å². The number of benzene rings is 5. The average molecular weight is 513 g/mol. The molecule has 0 amide bonds. The van der Waals surface area contributed by atoms with Gasteiger partial charge in [-0.2, -0.15) is 0 Å². The summed E-state index contributed by atoms with van der Waals surface area (Å²) in [5, 5.41) is 11.0. The van der Waals surface area contributed by atoms with Crippen molar-refractivity contribution in [2.75, 3.05) is 0 Å². The Morgan fingerprint density at radius 1 is 0.571 bits per heavy atom. The van der Waals surface area contributed by atoms with Crippen molar-refractivity contribution in [2.24, 2.45) is 0 Å². The summed E-state index contributed by atoms with van der Waals surface area (Å²) in [6, 6.07) is 26.5. The van der Waals surface area contributed by atoms with Crippen molar-refractivity contribution in [2.45, 2.75) is 25.7 Å². The van der Waals surface area contributed by atoms with E-state index >= 15 is 0 Å². The van der Waals surface area contributed by atoms with Crippen LogP contribution in [-0.4, -0.2) is 0 Å². The highest BCUT2D eigenvalue weighted by Crippen LogP contribution is 2.34. The number of allylic oxidation sites excluding steroid dienone is 6. The maximum Gasteiger partial charge on any atom is 0.0247 e. The molecule has 0 spiro atoms. The second-order valence-corrected chi connectivity index (χ2v) is 10.5. The summed E-state index contributed by atoms with van der Waals surface area (Å²) < 4.78 is 1.22. The molecular weight excluding hydrogens is 488 g/mol. The lowest BCUT2D eigenvalue weighted by Crippen LogP contribution is -2.27. The molecule has 8 rings (SSSR count). The number of fused-ring (bicyclic) bond motifs is 4. The van der Waals surface area contributed by atoms with E-state index in [1.165, 1.54) is 71.2 Å². The van der Waals surface area contributed by atoms with Crippen LogP contribution in [-0.2, 0) is 12.8 Å². The largest absolute Gasteiger partial charge is 0.0836 e. The maximum absolute atomic E-state index is 3.68. The van der Waals surface area contributed by atoms with Gasteiger partial charge in [0.25, 0.3) is 0 Å². The first-order chi connectivity index (χ1) is 17.3. The zero-order valence-corrected chi connectivity index (χ0v) is 21.1. The molecule has 0 nitrogen and oxygen atoms in total. The Hall–Kier alpha value is -3.42. The van der Waals surface area contributed by atoms with E-state index in [9.17, 15) is 0 Å². The Balaban J connectivity index is 0.000000122. The highest BCUT2D eigenvalue weighted by Gasteiger charge is 2.17. The molecule has 168 valence electrons. The van der Waals surface area contributed by atoms with Gasteiger partial charge >= 0.3 is 0 Å². The van der Waals surface area contributed by atoms with E-state index < -0.39 is 0 Å². The van der Waals surface area contributed by atoms with E-state index in [0.717, 1.165) is 12.8 Å². The SMILES string of the molecule is BrC1=c2ccc3c(c2CC=C1)CC=C1C=CCCC=31.c1cc2ccc3cccc4ccc(c1)c2c34. The van der Waals surface area contributed by atoms with Crippen molar-refractivity contribution < 1.29 is 0 Å². The summed E-state index contributed by atoms with van der Waals surface area (Å²) in [6.45, 7) is 0. The Morgan fingerprint density at radius 2 is 1.17 bits per heavy atom. The molecule has 0 aliphatic heterocycles. The molecule has 35 heavy (non-hydrogen) atoms. The highest BCUT2D eigenvalue weighted by atomic mass is 79.9. The van der Waals surface area contributed by atoms with Crippen LogP contribution in [0.1, 0.15) is 24.0 Å². The highest BCUT2D eigenvalue weighted by molar-refractivity contribution is 9.15. The predicted molar refractivity (Wildman–Crippen MR) is 155 cm³/mol. The quantitative estimate of drug-likeness (QED) is 0.185. The number of halogens is 1. The molecule has 1 heteroatoms. The minimum atomic E-state index is 1.07. The van der Waals surface area contributed by atoms with Gasteiger partial charge in [-0.15, -0.1) is 0 Å². The lowest BCUT2D eigenvalue weighted by atomic mass is 9.83. The van der Waals surface area contributed by atoms with Crippen molar-refractivity contribution in [3.05, 3.63) is 130 Å². The molecule has 5 aromatic rings. The minimum Gasteiger partial charge on any atom is -0.0836 e. The topological polar surface area (TPSA) is 0 Å². The number of rotatable bonds is 0. The smallest absolute Gasteiger partial charge is 0.0247 e. The summed E-state index contributed by atoms with van der Waals surface area (Å²) in [5.74, 6) is 0. The minimum absolute atomic E-state index is 1.07. The van der Waals surface area contributed by atoms with Gasteiger partial charge in [0.15, 0.2) is 0 Å². The Labute approximate surface area is 213 Å². The molecule has 0 bridgehead atoms. The molecule has 0 N–H and O–H groups in total. The van der Waals surface area contributed by atoms with Crippen LogP contribution in [0.2, 0.25) is 0 Å². The van der Waals surface area contributed by atoms with Crippen LogP contribution >= 0.6 is 15.9 Å². The molecule has 5 aromatic carbocycles. The standard InChI is InChI=1S/C18H15Br.C16H10/c19-18-7-3-6-14-16-9-8-12-4-1-2-5-13(12)15(16)10-11-17(14)18;1-3-11-7-9-13-5-2-6-14-10-8-12(4-1)15(11)16(13)14/h1,3-4,7-8,10-11H,2,5-6,9H2;1-10H. The van der Waals surface area contributed by atoms with Gasteiger partial charge in [0.05, 0.1) is 0 Å². The molecule has 0 fully saturated rings. The van der Waals surface area contributed by atoms with Crippen LogP contribution in [0.25, 0.3) is 42.4 Å². The monoisotopic (exact) mass is 512 g/mol. The second-order valence-electron chi connectivity index (χ2n) is 9.65. The maximum atomic E-state index is 3.68. The Morgan fingerprint density at radius 3 is 1.83 bits per heavy atom. The third-order valence-corrected chi connectivity index (χ3v) is 8.42. The van der Waals surface area contributed by atoms with Gasteiger partial charge in [0.1, 0.15) is 0 Å². The Bertz CT molecular complexity index is 1720. The molecule has 0 saturated heterocycles. The van der Waals surface area contributed by atoms with Crippen LogP contribution in [0, 0.1) is 0 Å². The van der Waals surface area contributed by atoms with Crippen molar-refractivity contribution >= 4 is 58.3 Å². The fourth-order valence-corrected chi connectivity index (χ4v) is 6.64. The predicted octanol–water partition coefficient (Wildman–Crippen LogP) is 7.87. The molecule has 0 unspecified atom stereocenters. The first-order valence-electron chi connectivity index (χ1n) is 12.5. The Kier molecular flexibility index (Phi) is 4.99. The third kappa shape index (κ3) is 3.41. The molecule has 0 saturated carbocycles. The van der Waals surface area contributed by atoms with E-state index in [2.05, 4.69) is 119 Å². The molecule has 0 atom stereocenters. The first-order valence-corrected chi connectivity index (χ1v) is 13.3. The van der Waals surface area contributed by atoms with Gasteiger partial charge < -0.3 is 0 Å². The van der Waals surface area contributed by atoms with E-state index in [-0.39, 0.29) is 0 Å². The summed E-state index contributed by atoms with van der Waals surface area (Å²) in [6.07, 6.45) is 15.9. The van der Waals surface area contributed by atoms with Gasteiger partial charge in [-0.05, 0) is 90.7 Å². The van der Waals surface area contributed by atoms with Crippen LogP contribution < -0.4 is 10.4 Å². The van der Waals surface area contributed by atoms with E-state index in [1.807, 2.05) is 0 Å². The zero-order valence-electron chi connectivity index (χ0n) is 19.5. The summed E-state index contributed by atoms with van der Waals surface area (Å²) in [4.78, 5) is 0. The summed E-state index contributed by atoms with van der Waals surface area (Å²) in [7, 11) is 0. The second kappa shape index (κ2) is 8.36. The van der Waals surface area contributed by atoms with Crippen LogP contribution in [0.3, 0.4) is 0 Å². The molecule has 0 heterocycles. The van der Waals surface area contributed by atoms with Crippen LogP contribution in [0.4, 0.5) is 0 Å². The van der Waals surface area contributed by atoms with Gasteiger partial charge in [0, 0.05) is 4.48 Å². The lowest BCUT2D eigenvalue weighted by molar-refractivity contribution is 1.000. The normalized spacial score (nSPS) is 16.1. The molecule has 3 aliphatic carbocycles. The van der Waals surface area contributed by atoms with Gasteiger partial charge in [-0.25, -0.2) is 0 Å². The van der Waals surface area contributed by atoms with Gasteiger partial charge in [0.2, 0.25) is 0 Å². The zero-order chi connectivity index (χ0) is 23.4. The van der Waals surface area contributed by atoms with E-state index in [0.29, 0.717) is 0 Å². The first kappa shape index (κ1) is 20.9. The molecule has 3 aliphatic rings. The molecular formula is C34H25Br. The van der Waals surface area contributed by atoms with Crippen molar-refractivity contribution in [1.29, 1.82) is 0 Å². The van der Waals surface area contributed by atoms with Crippen molar-refractivity contribution in [3.63, 3.8) is 0 Å². The van der Waals surface area contributed by atoms with E-state index in [1.54, 1.807) is 11.1 Å².